The summed E-state index contributed by atoms with van der Waals surface area (Å²) in [6.07, 6.45) is 6.13. The molecule has 0 bridgehead atoms. The lowest BCUT2D eigenvalue weighted by atomic mass is 10.0. The van der Waals surface area contributed by atoms with Gasteiger partial charge in [-0.05, 0) is 118 Å². The van der Waals surface area contributed by atoms with Gasteiger partial charge in [-0.2, -0.15) is 0 Å². The standard InChI is InChI=1S/C28H32N4O5.C23H24N4O3/c1-28(2,3)37-27(35)32-22-11-10-21(19-7-4-5-8-20(19)22)25(33)31-23-9-6-14-29-24(23)26(34)30-17-18-12-15-36-16-13-18;24-19-8-7-18(16-4-1-2-5-17(16)19)22(28)27-20-6-3-11-25-21(20)23(29)26-14-15-9-12-30-13-10-15/h4-11,14,18H,12-13,15-17H2,1-3H3,(H,30,34)(H,31,33)(H,32,35);1-8,11,15H,9-10,12-14,24H2,(H,26,29)(H,27,28). The number of nitrogen functional groups attached to an aromatic ring is 1. The normalized spacial score (nSPS) is 14.3. The molecule has 2 saturated heterocycles. The largest absolute Gasteiger partial charge is 0.444 e. The molecule has 0 spiro atoms. The zero-order chi connectivity index (χ0) is 47.3. The lowest BCUT2D eigenvalue weighted by molar-refractivity contribution is 0.0635. The number of aromatic nitrogens is 2. The Hall–Kier alpha value is -7.43. The van der Waals surface area contributed by atoms with Crippen molar-refractivity contribution in [3.05, 3.63) is 132 Å². The van der Waals surface area contributed by atoms with Crippen molar-refractivity contribution in [2.75, 3.05) is 61.2 Å². The first kappa shape index (κ1) is 47.5. The van der Waals surface area contributed by atoms with E-state index in [-0.39, 0.29) is 29.1 Å². The van der Waals surface area contributed by atoms with Crippen LogP contribution in [0.5, 0.6) is 0 Å². The quantitative estimate of drug-likeness (QED) is 0.0679. The van der Waals surface area contributed by atoms with Gasteiger partial charge in [-0.3, -0.25) is 24.5 Å². The Morgan fingerprint density at radius 2 is 1.00 bits per heavy atom. The minimum absolute atomic E-state index is 0.149. The van der Waals surface area contributed by atoms with E-state index in [1.165, 1.54) is 12.4 Å². The number of carbonyl (C=O) groups is 5. The molecule has 16 nitrogen and oxygen atoms in total. The Labute approximate surface area is 388 Å². The van der Waals surface area contributed by atoms with Crippen LogP contribution in [0.4, 0.5) is 27.5 Å². The van der Waals surface area contributed by atoms with Gasteiger partial charge in [0.25, 0.3) is 23.6 Å². The van der Waals surface area contributed by atoms with E-state index in [1.54, 1.807) is 75.4 Å². The number of nitrogens with zero attached hydrogens (tertiary/aromatic N) is 2. The third-order valence-corrected chi connectivity index (χ3v) is 11.3. The molecular formula is C51H56N8O8. The monoisotopic (exact) mass is 908 g/mol. The summed E-state index contributed by atoms with van der Waals surface area (Å²) in [6, 6.07) is 28.1. The Bertz CT molecular complexity index is 2740. The molecule has 5 amide bonds. The molecule has 2 fully saturated rings. The number of hydrogen-bond acceptors (Lipinski definition) is 11. The fourth-order valence-electron chi connectivity index (χ4n) is 7.84. The van der Waals surface area contributed by atoms with Crippen LogP contribution in [0.25, 0.3) is 21.5 Å². The predicted molar refractivity (Wildman–Crippen MR) is 258 cm³/mol. The number of pyridine rings is 2. The van der Waals surface area contributed by atoms with E-state index in [0.717, 1.165) is 49.7 Å². The van der Waals surface area contributed by atoms with Gasteiger partial charge in [0.1, 0.15) is 5.60 Å². The Kier molecular flexibility index (Phi) is 15.7. The van der Waals surface area contributed by atoms with Crippen molar-refractivity contribution in [1.82, 2.24) is 20.6 Å². The molecule has 2 aromatic heterocycles. The van der Waals surface area contributed by atoms with Crippen molar-refractivity contribution >= 4 is 74.0 Å². The van der Waals surface area contributed by atoms with Gasteiger partial charge >= 0.3 is 6.09 Å². The molecule has 0 aliphatic carbocycles. The number of benzene rings is 4. The van der Waals surface area contributed by atoms with Crippen molar-refractivity contribution in [1.29, 1.82) is 0 Å². The average Bonchev–Trinajstić information content (AvgIpc) is 3.33. The maximum absolute atomic E-state index is 13.3. The third kappa shape index (κ3) is 12.7. The molecule has 0 saturated carbocycles. The van der Waals surface area contributed by atoms with Crippen molar-refractivity contribution in [3.8, 4) is 0 Å². The minimum atomic E-state index is -0.641. The maximum atomic E-state index is 13.3. The van der Waals surface area contributed by atoms with Gasteiger partial charge in [0.15, 0.2) is 11.4 Å². The first-order valence-electron chi connectivity index (χ1n) is 22.4. The van der Waals surface area contributed by atoms with Gasteiger partial charge in [0.05, 0.1) is 17.1 Å². The van der Waals surface area contributed by atoms with Crippen LogP contribution in [-0.4, -0.2) is 84.8 Å². The van der Waals surface area contributed by atoms with E-state index < -0.39 is 17.6 Å². The number of nitrogens with two attached hydrogens (primary N) is 1. The summed E-state index contributed by atoms with van der Waals surface area (Å²) >= 11 is 0. The Morgan fingerprint density at radius 3 is 1.49 bits per heavy atom. The second kappa shape index (κ2) is 22.2. The van der Waals surface area contributed by atoms with Crippen LogP contribution in [0.2, 0.25) is 0 Å². The van der Waals surface area contributed by atoms with Gasteiger partial charge in [0.2, 0.25) is 0 Å². The molecule has 0 unspecified atom stereocenters. The first-order valence-corrected chi connectivity index (χ1v) is 22.4. The van der Waals surface area contributed by atoms with E-state index >= 15 is 0 Å². The number of ether oxygens (including phenoxy) is 3. The zero-order valence-corrected chi connectivity index (χ0v) is 37.9. The van der Waals surface area contributed by atoms with Crippen LogP contribution in [0.3, 0.4) is 0 Å². The highest BCUT2D eigenvalue weighted by atomic mass is 16.6. The zero-order valence-electron chi connectivity index (χ0n) is 37.9. The van der Waals surface area contributed by atoms with Crippen LogP contribution < -0.4 is 32.3 Å². The summed E-state index contributed by atoms with van der Waals surface area (Å²) < 4.78 is 16.1. The van der Waals surface area contributed by atoms with Crippen LogP contribution in [0.15, 0.2) is 109 Å². The number of nitrogens with one attached hydrogen (secondary N) is 5. The average molecular weight is 909 g/mol. The molecule has 4 heterocycles. The second-order valence-corrected chi connectivity index (χ2v) is 17.3. The van der Waals surface area contributed by atoms with E-state index in [9.17, 15) is 24.0 Å². The molecular weight excluding hydrogens is 853 g/mol. The second-order valence-electron chi connectivity index (χ2n) is 17.3. The summed E-state index contributed by atoms with van der Waals surface area (Å²) in [5.74, 6) is -0.614. The van der Waals surface area contributed by atoms with Crippen molar-refractivity contribution in [2.24, 2.45) is 11.8 Å². The molecule has 2 aliphatic heterocycles. The summed E-state index contributed by atoms with van der Waals surface area (Å²) in [7, 11) is 0. The maximum Gasteiger partial charge on any atom is 0.412 e. The number of fused-ring (bicyclic) bond motifs is 2. The van der Waals surface area contributed by atoms with E-state index in [4.69, 9.17) is 19.9 Å². The van der Waals surface area contributed by atoms with E-state index in [0.29, 0.717) is 82.8 Å². The number of anilines is 4. The van der Waals surface area contributed by atoms with Crippen LogP contribution in [0.1, 0.15) is 88.1 Å². The smallest absolute Gasteiger partial charge is 0.412 e. The Balaban J connectivity index is 0.000000203. The molecule has 67 heavy (non-hydrogen) atoms. The van der Waals surface area contributed by atoms with Crippen molar-refractivity contribution in [2.45, 2.75) is 52.1 Å². The summed E-state index contributed by atoms with van der Waals surface area (Å²) in [5.41, 5.74) is 8.43. The fourth-order valence-corrected chi connectivity index (χ4v) is 7.84. The fraction of sp³-hybridized carbons (Fsp3) is 0.314. The van der Waals surface area contributed by atoms with Gasteiger partial charge in [-0.1, -0.05) is 48.5 Å². The predicted octanol–water partition coefficient (Wildman–Crippen LogP) is 8.22. The highest BCUT2D eigenvalue weighted by Gasteiger charge is 2.23. The van der Waals surface area contributed by atoms with Gasteiger partial charge in [-0.15, -0.1) is 0 Å². The summed E-state index contributed by atoms with van der Waals surface area (Å²) in [4.78, 5) is 72.6. The number of amides is 5. The number of rotatable bonds is 11. The van der Waals surface area contributed by atoms with Crippen molar-refractivity contribution < 1.29 is 38.2 Å². The third-order valence-electron chi connectivity index (χ3n) is 11.3. The molecule has 0 atom stereocenters. The highest BCUT2D eigenvalue weighted by molar-refractivity contribution is 6.18. The van der Waals surface area contributed by atoms with Crippen LogP contribution in [-0.2, 0) is 14.2 Å². The lowest BCUT2D eigenvalue weighted by Gasteiger charge is -2.22. The summed E-state index contributed by atoms with van der Waals surface area (Å²) in [6.45, 7) is 9.30. The topological polar surface area (TPSA) is 225 Å². The number of hydrogen-bond donors (Lipinski definition) is 6. The van der Waals surface area contributed by atoms with Gasteiger partial charge < -0.3 is 41.2 Å². The Morgan fingerprint density at radius 1 is 0.552 bits per heavy atom. The first-order chi connectivity index (χ1) is 32.3. The molecule has 16 heteroatoms. The molecule has 6 aromatic rings. The van der Waals surface area contributed by atoms with E-state index in [1.807, 2.05) is 42.5 Å². The van der Waals surface area contributed by atoms with Crippen molar-refractivity contribution in [3.63, 3.8) is 0 Å². The molecule has 7 N–H and O–H groups in total. The minimum Gasteiger partial charge on any atom is -0.444 e. The summed E-state index contributed by atoms with van der Waals surface area (Å²) in [5, 5.41) is 17.2. The molecule has 4 aromatic carbocycles. The molecule has 0 radical (unpaired) electrons. The molecule has 8 rings (SSSR count). The SMILES string of the molecule is CC(C)(C)OC(=O)Nc1ccc(C(=O)Nc2cccnc2C(=O)NCC2CCOCC2)c2ccccc12.Nc1ccc(C(=O)Nc2cccnc2C(=O)NCC2CCOCC2)c2ccccc12. The highest BCUT2D eigenvalue weighted by Crippen LogP contribution is 2.29. The van der Waals surface area contributed by atoms with Crippen LogP contribution in [0, 0.1) is 11.8 Å². The van der Waals surface area contributed by atoms with Gasteiger partial charge in [-0.25, -0.2) is 14.8 Å². The number of carbonyl (C=O) groups excluding carboxylic acids is 5. The van der Waals surface area contributed by atoms with E-state index in [2.05, 4.69) is 36.6 Å². The van der Waals surface area contributed by atoms with Gasteiger partial charge in [0, 0.05) is 79.5 Å². The molecule has 2 aliphatic rings. The molecule has 348 valence electrons. The lowest BCUT2D eigenvalue weighted by Crippen LogP contribution is -2.33. The van der Waals surface area contributed by atoms with Crippen LogP contribution >= 0.6 is 0 Å².